The van der Waals surface area contributed by atoms with E-state index >= 15 is 0 Å². The Hall–Kier alpha value is -3.63. The third kappa shape index (κ3) is 13.7. The number of hydrogen-bond acceptors (Lipinski definition) is 14. The third-order valence-electron chi connectivity index (χ3n) is 7.91. The van der Waals surface area contributed by atoms with Crippen LogP contribution in [-0.4, -0.2) is 39.9 Å². The van der Waals surface area contributed by atoms with Gasteiger partial charge in [-0.1, -0.05) is 91.0 Å². The molecule has 58 heavy (non-hydrogen) atoms. The van der Waals surface area contributed by atoms with Gasteiger partial charge in [-0.15, -0.1) is 0 Å². The fraction of sp³-hybridized carbons (Fsp3) is 0.209. The van der Waals surface area contributed by atoms with Crippen molar-refractivity contribution in [2.24, 2.45) is 0 Å². The van der Waals surface area contributed by atoms with Gasteiger partial charge in [-0.05, 0) is 171 Å². The van der Waals surface area contributed by atoms with Crippen LogP contribution in [0.15, 0.2) is 136 Å². The molecule has 4 aromatic heterocycles. The Morgan fingerprint density at radius 1 is 0.345 bits per heavy atom. The first-order valence-corrected chi connectivity index (χ1v) is 25.3. The highest BCUT2D eigenvalue weighted by Gasteiger charge is 2.36. The molecular formula is C43H43ClN8S6. The number of aryl methyl sites for hydroxylation is 8. The minimum absolute atomic E-state index is 0.397. The maximum absolute atomic E-state index is 6.44. The minimum atomic E-state index is -0.397. The summed E-state index contributed by atoms with van der Waals surface area (Å²) in [5.41, 5.74) is 11.4. The molecule has 0 amide bonds. The van der Waals surface area contributed by atoms with Crippen LogP contribution >= 0.6 is 74.7 Å². The molecule has 0 bridgehead atoms. The molecule has 0 saturated heterocycles. The summed E-state index contributed by atoms with van der Waals surface area (Å²) in [5.74, 6) is 0. The molecule has 7 rings (SSSR count). The summed E-state index contributed by atoms with van der Waals surface area (Å²) in [6.45, 7) is 15.8. The van der Waals surface area contributed by atoms with Gasteiger partial charge in [-0.3, -0.25) is 0 Å². The summed E-state index contributed by atoms with van der Waals surface area (Å²) in [6.07, 6.45) is 0. The first kappa shape index (κ1) is 45.5. The molecule has 0 unspecified atom stereocenters. The van der Waals surface area contributed by atoms with Gasteiger partial charge in [-0.2, -0.15) is 0 Å². The topological polar surface area (TPSA) is 103 Å². The normalized spacial score (nSPS) is 10.9. The summed E-state index contributed by atoms with van der Waals surface area (Å²) in [6, 6.07) is 39.1. The minimum Gasteiger partial charge on any atom is -0.227 e. The molecule has 7 aromatic rings. The SMILES string of the molecule is Cc1cc(C)nc(SSSc2nc(C)cc(C)n2)n1.Cc1cc(C)nc(SSc2nc(C)cc(C)n2)n1.ClSC(c1ccccc1)(c1ccccc1)c1ccccc1. The van der Waals surface area contributed by atoms with Gasteiger partial charge in [0, 0.05) is 45.6 Å². The highest BCUT2D eigenvalue weighted by atomic mass is 35.7. The largest absolute Gasteiger partial charge is 0.227 e. The Morgan fingerprint density at radius 3 is 0.793 bits per heavy atom. The Labute approximate surface area is 370 Å². The number of nitrogens with zero attached hydrogens (tertiary/aromatic N) is 8. The van der Waals surface area contributed by atoms with Gasteiger partial charge in [0.25, 0.3) is 0 Å². The highest BCUT2D eigenvalue weighted by molar-refractivity contribution is 9.09. The molecule has 0 N–H and O–H groups in total. The van der Waals surface area contributed by atoms with Crippen LogP contribution < -0.4 is 0 Å². The first-order valence-electron chi connectivity index (χ1n) is 18.0. The monoisotopic (exact) mass is 898 g/mol. The predicted octanol–water partition coefficient (Wildman–Crippen LogP) is 13.1. The van der Waals surface area contributed by atoms with E-state index in [9.17, 15) is 0 Å². The first-order chi connectivity index (χ1) is 27.9. The molecule has 0 fully saturated rings. The number of hydrogen-bond donors (Lipinski definition) is 0. The lowest BCUT2D eigenvalue weighted by Crippen LogP contribution is -2.24. The number of rotatable bonds is 11. The molecule has 4 heterocycles. The lowest BCUT2D eigenvalue weighted by Gasteiger charge is -2.32. The molecule has 0 saturated carbocycles. The van der Waals surface area contributed by atoms with E-state index in [1.54, 1.807) is 9.83 Å². The van der Waals surface area contributed by atoms with E-state index in [4.69, 9.17) is 10.7 Å². The van der Waals surface area contributed by atoms with E-state index in [1.807, 2.05) is 97.9 Å². The quantitative estimate of drug-likeness (QED) is 0.0699. The van der Waals surface area contributed by atoms with E-state index < -0.39 is 4.75 Å². The smallest absolute Gasteiger partial charge is 0.199 e. The molecule has 0 aliphatic heterocycles. The van der Waals surface area contributed by atoms with Gasteiger partial charge in [0.1, 0.15) is 4.75 Å². The van der Waals surface area contributed by atoms with E-state index in [0.717, 1.165) is 66.2 Å². The Kier molecular flexibility index (Phi) is 17.8. The van der Waals surface area contributed by atoms with Crippen molar-refractivity contribution in [3.8, 4) is 0 Å². The van der Waals surface area contributed by atoms with E-state index in [2.05, 4.69) is 113 Å². The average molecular weight is 900 g/mol. The summed E-state index contributed by atoms with van der Waals surface area (Å²) in [5, 5.41) is 3.05. The second kappa shape index (κ2) is 22.7. The molecule has 0 atom stereocenters. The van der Waals surface area contributed by atoms with Gasteiger partial charge in [-0.25, -0.2) is 39.9 Å². The molecule has 0 spiro atoms. The maximum atomic E-state index is 6.44. The second-order valence-corrected chi connectivity index (χ2v) is 20.1. The summed E-state index contributed by atoms with van der Waals surface area (Å²) >= 11 is 0. The highest BCUT2D eigenvalue weighted by Crippen LogP contribution is 2.50. The van der Waals surface area contributed by atoms with Crippen LogP contribution in [0, 0.1) is 55.4 Å². The fourth-order valence-corrected chi connectivity index (χ4v) is 12.2. The van der Waals surface area contributed by atoms with Crippen molar-refractivity contribution >= 4 is 74.7 Å². The summed E-state index contributed by atoms with van der Waals surface area (Å²) < 4.78 is -0.397. The Bertz CT molecular complexity index is 2100. The molecule has 3 aromatic carbocycles. The fourth-order valence-electron chi connectivity index (χ4n) is 5.73. The standard InChI is InChI=1S/C19H15ClS.C12H14N4S3.C12H14N4S2/c20-21-19(16-10-4-1-5-11-16,17-12-6-2-7-13-17)18-14-8-3-9-15-18;1-7-5-8(2)14-11(13-7)17-19-18-12-15-9(3)6-10(4)16-12;1-7-5-8(2)14-11(13-7)17-18-12-15-9(3)6-10(4)16-12/h1-15H;5-6H,1-4H3;5-6H,1-4H3. The van der Waals surface area contributed by atoms with Crippen molar-refractivity contribution in [2.45, 2.75) is 80.8 Å². The number of benzene rings is 3. The van der Waals surface area contributed by atoms with Crippen LogP contribution in [0.4, 0.5) is 0 Å². The zero-order valence-corrected chi connectivity index (χ0v) is 39.0. The molecule has 0 radical (unpaired) electrons. The molecule has 0 aliphatic rings. The van der Waals surface area contributed by atoms with Crippen LogP contribution in [0.25, 0.3) is 0 Å². The third-order valence-corrected chi connectivity index (χ3v) is 14.8. The van der Waals surface area contributed by atoms with Crippen LogP contribution in [0.2, 0.25) is 0 Å². The van der Waals surface area contributed by atoms with E-state index in [-0.39, 0.29) is 0 Å². The van der Waals surface area contributed by atoms with Crippen molar-refractivity contribution in [2.75, 3.05) is 0 Å². The molecule has 0 aliphatic carbocycles. The maximum Gasteiger partial charge on any atom is 0.199 e. The van der Waals surface area contributed by atoms with Crippen molar-refractivity contribution < 1.29 is 0 Å². The van der Waals surface area contributed by atoms with Crippen LogP contribution in [0.3, 0.4) is 0 Å². The Morgan fingerprint density at radius 2 is 0.569 bits per heavy atom. The summed E-state index contributed by atoms with van der Waals surface area (Å²) in [4.78, 5) is 35.0. The lowest BCUT2D eigenvalue weighted by atomic mass is 9.84. The predicted molar refractivity (Wildman–Crippen MR) is 250 cm³/mol. The van der Waals surface area contributed by atoms with Crippen molar-refractivity contribution in [1.82, 2.24) is 39.9 Å². The van der Waals surface area contributed by atoms with Gasteiger partial charge in [0.2, 0.25) is 0 Å². The number of halogens is 1. The zero-order valence-electron chi connectivity index (χ0n) is 33.4. The molecule has 298 valence electrons. The molecule has 15 heteroatoms. The van der Waals surface area contributed by atoms with Gasteiger partial charge >= 0.3 is 0 Å². The summed E-state index contributed by atoms with van der Waals surface area (Å²) in [7, 11) is 15.4. The zero-order chi connectivity index (χ0) is 41.5. The lowest BCUT2D eigenvalue weighted by molar-refractivity contribution is 0.901. The van der Waals surface area contributed by atoms with Gasteiger partial charge < -0.3 is 0 Å². The second-order valence-electron chi connectivity index (χ2n) is 13.0. The van der Waals surface area contributed by atoms with Crippen molar-refractivity contribution in [3.05, 3.63) is 178 Å². The van der Waals surface area contributed by atoms with Crippen LogP contribution in [-0.2, 0) is 4.75 Å². The Balaban J connectivity index is 0.000000166. The van der Waals surface area contributed by atoms with Crippen LogP contribution in [0.5, 0.6) is 0 Å². The van der Waals surface area contributed by atoms with Crippen LogP contribution in [0.1, 0.15) is 62.2 Å². The van der Waals surface area contributed by atoms with Crippen molar-refractivity contribution in [1.29, 1.82) is 0 Å². The van der Waals surface area contributed by atoms with E-state index in [1.165, 1.54) is 70.8 Å². The number of aromatic nitrogens is 8. The molecular weight excluding hydrogens is 856 g/mol. The van der Waals surface area contributed by atoms with Gasteiger partial charge in [0.15, 0.2) is 20.6 Å². The van der Waals surface area contributed by atoms with E-state index in [0.29, 0.717) is 0 Å². The molecule has 8 nitrogen and oxygen atoms in total. The van der Waals surface area contributed by atoms with Gasteiger partial charge in [0.05, 0.1) is 0 Å². The van der Waals surface area contributed by atoms with Crippen molar-refractivity contribution in [3.63, 3.8) is 0 Å². The average Bonchev–Trinajstić information content (AvgIpc) is 3.18.